The Labute approximate surface area is 259 Å². The Morgan fingerprint density at radius 3 is 2.44 bits per heavy atom. The van der Waals surface area contributed by atoms with E-state index in [1.807, 2.05) is 43.3 Å². The van der Waals surface area contributed by atoms with Crippen LogP contribution in [-0.4, -0.2) is 43.6 Å². The molecule has 11 heteroatoms. The SMILES string of the molecule is CCCCOC(=O)n1c(CNC(=O)Cn2c(-c3ccccc3)ncc(NC(=O)CCc3ccccc3)c2=O)cc2cnccc21. The molecule has 0 aliphatic heterocycles. The number of nitrogens with one attached hydrogen (secondary N) is 2. The quantitative estimate of drug-likeness (QED) is 0.192. The molecule has 0 unspecified atom stereocenters. The number of fused-ring (bicyclic) bond motifs is 1. The van der Waals surface area contributed by atoms with Gasteiger partial charge >= 0.3 is 6.09 Å². The summed E-state index contributed by atoms with van der Waals surface area (Å²) in [7, 11) is 0. The van der Waals surface area contributed by atoms with Crippen LogP contribution in [0, 0.1) is 0 Å². The summed E-state index contributed by atoms with van der Waals surface area (Å²) in [4.78, 5) is 61.2. The van der Waals surface area contributed by atoms with Gasteiger partial charge in [-0.25, -0.2) is 14.3 Å². The van der Waals surface area contributed by atoms with Gasteiger partial charge in [-0.15, -0.1) is 0 Å². The molecule has 0 fully saturated rings. The lowest BCUT2D eigenvalue weighted by atomic mass is 10.1. The van der Waals surface area contributed by atoms with E-state index in [0.29, 0.717) is 23.2 Å². The van der Waals surface area contributed by atoms with E-state index in [-0.39, 0.29) is 43.5 Å². The molecule has 11 nitrogen and oxygen atoms in total. The summed E-state index contributed by atoms with van der Waals surface area (Å²) in [5, 5.41) is 6.19. The van der Waals surface area contributed by atoms with Crippen LogP contribution in [0.2, 0.25) is 0 Å². The smallest absolute Gasteiger partial charge is 0.418 e. The summed E-state index contributed by atoms with van der Waals surface area (Å²) < 4.78 is 8.10. The molecule has 5 aromatic rings. The summed E-state index contributed by atoms with van der Waals surface area (Å²) in [5.41, 5.74) is 2.16. The van der Waals surface area contributed by atoms with Gasteiger partial charge in [-0.3, -0.25) is 23.9 Å². The van der Waals surface area contributed by atoms with Gasteiger partial charge in [0.25, 0.3) is 5.56 Å². The fourth-order valence-electron chi connectivity index (χ4n) is 4.87. The van der Waals surface area contributed by atoms with Gasteiger partial charge < -0.3 is 15.4 Å². The fourth-order valence-corrected chi connectivity index (χ4v) is 4.87. The van der Waals surface area contributed by atoms with Crippen LogP contribution in [0.25, 0.3) is 22.3 Å². The van der Waals surface area contributed by atoms with Gasteiger partial charge in [-0.2, -0.15) is 0 Å². The molecule has 45 heavy (non-hydrogen) atoms. The van der Waals surface area contributed by atoms with Crippen LogP contribution < -0.4 is 16.2 Å². The Bertz CT molecular complexity index is 1850. The predicted molar refractivity (Wildman–Crippen MR) is 171 cm³/mol. The number of anilines is 1. The number of carbonyl (C=O) groups is 3. The number of unbranched alkanes of at least 4 members (excludes halogenated alkanes) is 1. The van der Waals surface area contributed by atoms with Crippen molar-refractivity contribution in [3.8, 4) is 11.4 Å². The van der Waals surface area contributed by atoms with E-state index in [9.17, 15) is 19.2 Å². The Morgan fingerprint density at radius 1 is 0.933 bits per heavy atom. The fraction of sp³-hybridized carbons (Fsp3) is 0.235. The molecular formula is C34H34N6O5. The number of carbonyl (C=O) groups excluding carboxylic acids is 3. The molecule has 0 bridgehead atoms. The lowest BCUT2D eigenvalue weighted by molar-refractivity contribution is -0.122. The highest BCUT2D eigenvalue weighted by Crippen LogP contribution is 2.20. The second kappa shape index (κ2) is 14.7. The standard InChI is InChI=1S/C34H34N6O5/c1-2-3-18-45-34(44)40-27(19-26-20-35-17-16-29(26)40)21-36-31(42)23-39-32(25-12-8-5-9-13-25)37-22-28(33(39)43)38-30(41)15-14-24-10-6-4-7-11-24/h4-13,16-17,19-20,22H,2-3,14-15,18,21,23H2,1H3,(H,36,42)(H,38,41). The molecule has 0 aliphatic rings. The van der Waals surface area contributed by atoms with Gasteiger partial charge in [0.2, 0.25) is 11.8 Å². The number of aryl methyl sites for hydroxylation is 1. The zero-order valence-corrected chi connectivity index (χ0v) is 24.9. The van der Waals surface area contributed by atoms with Crippen molar-refractivity contribution in [1.29, 1.82) is 0 Å². The van der Waals surface area contributed by atoms with E-state index in [1.54, 1.807) is 48.8 Å². The minimum atomic E-state index is -0.563. The Morgan fingerprint density at radius 2 is 1.69 bits per heavy atom. The van der Waals surface area contributed by atoms with Gasteiger partial charge in [-0.1, -0.05) is 74.0 Å². The molecule has 2 aromatic carbocycles. The molecule has 2 N–H and O–H groups in total. The van der Waals surface area contributed by atoms with E-state index in [1.165, 1.54) is 15.3 Å². The third-order valence-corrected chi connectivity index (χ3v) is 7.19. The number of ether oxygens (including phenoxy) is 1. The maximum absolute atomic E-state index is 13.6. The molecule has 0 saturated carbocycles. The van der Waals surface area contributed by atoms with E-state index >= 15 is 0 Å². The van der Waals surface area contributed by atoms with Crippen LogP contribution in [0.1, 0.15) is 37.4 Å². The summed E-state index contributed by atoms with van der Waals surface area (Å²) in [6, 6.07) is 22.0. The van der Waals surface area contributed by atoms with Crippen LogP contribution >= 0.6 is 0 Å². The number of aromatic nitrogens is 4. The highest BCUT2D eigenvalue weighted by molar-refractivity contribution is 5.91. The van der Waals surface area contributed by atoms with Crippen LogP contribution in [-0.2, 0) is 33.8 Å². The summed E-state index contributed by atoms with van der Waals surface area (Å²) in [5.74, 6) is -0.551. The highest BCUT2D eigenvalue weighted by Gasteiger charge is 2.19. The topological polar surface area (TPSA) is 137 Å². The lowest BCUT2D eigenvalue weighted by Gasteiger charge is -2.15. The monoisotopic (exact) mass is 606 g/mol. The molecule has 0 aliphatic carbocycles. The molecular weight excluding hydrogens is 572 g/mol. The molecule has 230 valence electrons. The Balaban J connectivity index is 1.35. The molecule has 5 rings (SSSR count). The summed E-state index contributed by atoms with van der Waals surface area (Å²) in [6.45, 7) is 1.91. The Hall–Kier alpha value is -5.58. The van der Waals surface area contributed by atoms with Gasteiger partial charge in [0, 0.05) is 35.5 Å². The maximum atomic E-state index is 13.6. The predicted octanol–water partition coefficient (Wildman–Crippen LogP) is 4.93. The largest absolute Gasteiger partial charge is 0.449 e. The van der Waals surface area contributed by atoms with Crippen molar-refractivity contribution in [3.63, 3.8) is 0 Å². The molecule has 3 aromatic heterocycles. The molecule has 3 heterocycles. The summed E-state index contributed by atoms with van der Waals surface area (Å²) in [6.07, 6.45) is 6.28. The molecule has 0 radical (unpaired) electrons. The highest BCUT2D eigenvalue weighted by atomic mass is 16.5. The molecule has 2 amide bonds. The molecule has 0 atom stereocenters. The average Bonchev–Trinajstić information content (AvgIpc) is 3.44. The van der Waals surface area contributed by atoms with Gasteiger partial charge in [-0.05, 0) is 30.5 Å². The first-order chi connectivity index (χ1) is 21.9. The zero-order valence-electron chi connectivity index (χ0n) is 24.9. The zero-order chi connectivity index (χ0) is 31.6. The van der Waals surface area contributed by atoms with Crippen LogP contribution in [0.5, 0.6) is 0 Å². The van der Waals surface area contributed by atoms with Gasteiger partial charge in [0.15, 0.2) is 0 Å². The van der Waals surface area contributed by atoms with E-state index in [0.717, 1.165) is 23.8 Å². The number of rotatable bonds is 12. The average molecular weight is 607 g/mol. The van der Waals surface area contributed by atoms with Crippen molar-refractivity contribution in [2.24, 2.45) is 0 Å². The van der Waals surface area contributed by atoms with Crippen LogP contribution in [0.15, 0.2) is 96.2 Å². The second-order valence-electron chi connectivity index (χ2n) is 10.4. The molecule has 0 saturated heterocycles. The number of nitrogens with zero attached hydrogens (tertiary/aromatic N) is 4. The third-order valence-electron chi connectivity index (χ3n) is 7.19. The van der Waals surface area contributed by atoms with E-state index < -0.39 is 17.6 Å². The number of pyridine rings is 1. The minimum absolute atomic E-state index is 0.00481. The van der Waals surface area contributed by atoms with Crippen LogP contribution in [0.4, 0.5) is 10.5 Å². The third kappa shape index (κ3) is 7.69. The van der Waals surface area contributed by atoms with E-state index in [2.05, 4.69) is 20.6 Å². The van der Waals surface area contributed by atoms with Crippen molar-refractivity contribution in [1.82, 2.24) is 24.4 Å². The second-order valence-corrected chi connectivity index (χ2v) is 10.4. The minimum Gasteiger partial charge on any atom is -0.449 e. The van der Waals surface area contributed by atoms with Crippen molar-refractivity contribution in [3.05, 3.63) is 113 Å². The number of amides is 2. The lowest BCUT2D eigenvalue weighted by Crippen LogP contribution is -2.35. The van der Waals surface area contributed by atoms with E-state index in [4.69, 9.17) is 4.74 Å². The van der Waals surface area contributed by atoms with Crippen LogP contribution in [0.3, 0.4) is 0 Å². The van der Waals surface area contributed by atoms with Crippen molar-refractivity contribution in [2.45, 2.75) is 45.7 Å². The van der Waals surface area contributed by atoms with Gasteiger partial charge in [0.05, 0.1) is 24.9 Å². The maximum Gasteiger partial charge on any atom is 0.418 e. The van der Waals surface area contributed by atoms with Crippen molar-refractivity contribution in [2.75, 3.05) is 11.9 Å². The number of hydrogen-bond donors (Lipinski definition) is 2. The Kier molecular flexibility index (Phi) is 10.1. The summed E-state index contributed by atoms with van der Waals surface area (Å²) >= 11 is 0. The molecule has 0 spiro atoms. The number of benzene rings is 2. The first-order valence-electron chi connectivity index (χ1n) is 14.8. The van der Waals surface area contributed by atoms with Crippen molar-refractivity contribution < 1.29 is 19.1 Å². The normalized spacial score (nSPS) is 10.9. The van der Waals surface area contributed by atoms with Crippen molar-refractivity contribution >= 4 is 34.5 Å². The van der Waals surface area contributed by atoms with Gasteiger partial charge in [0.1, 0.15) is 18.1 Å². The first kappa shape index (κ1) is 30.9. The number of hydrogen-bond acceptors (Lipinski definition) is 7. The first-order valence-corrected chi connectivity index (χ1v) is 14.8.